The second kappa shape index (κ2) is 4.03. The molecular formula is C12H18OS. The van der Waals surface area contributed by atoms with Crippen LogP contribution in [0.5, 0.6) is 0 Å². The smallest absolute Gasteiger partial charge is 0.0831 e. The highest BCUT2D eigenvalue weighted by Crippen LogP contribution is 2.41. The van der Waals surface area contributed by atoms with Gasteiger partial charge in [0.25, 0.3) is 0 Å². The molecule has 3 atom stereocenters. The Bertz CT molecular complexity index is 305. The summed E-state index contributed by atoms with van der Waals surface area (Å²) in [7, 11) is 0. The normalized spacial score (nSPS) is 29.4. The van der Waals surface area contributed by atoms with Gasteiger partial charge in [0.2, 0.25) is 0 Å². The molecule has 1 fully saturated rings. The van der Waals surface area contributed by atoms with Crippen molar-refractivity contribution < 1.29 is 5.11 Å². The standard InChI is InChI=1S/C12H18OS/c1-8-4-3-5-10(8)12(13)11-6-7-14-9(11)2/h6-8,10,12-13H,3-5H2,1-2H3. The zero-order valence-electron chi connectivity index (χ0n) is 8.86. The first-order valence-electron chi connectivity index (χ1n) is 5.42. The summed E-state index contributed by atoms with van der Waals surface area (Å²) < 4.78 is 0. The highest BCUT2D eigenvalue weighted by atomic mass is 32.1. The summed E-state index contributed by atoms with van der Waals surface area (Å²) >= 11 is 1.73. The van der Waals surface area contributed by atoms with Crippen LogP contribution in [0.3, 0.4) is 0 Å². The van der Waals surface area contributed by atoms with Crippen LogP contribution in [0.15, 0.2) is 11.4 Å². The molecule has 3 unspecified atom stereocenters. The van der Waals surface area contributed by atoms with Crippen molar-refractivity contribution in [3.8, 4) is 0 Å². The largest absolute Gasteiger partial charge is 0.388 e. The molecule has 0 spiro atoms. The molecule has 2 rings (SSSR count). The van der Waals surface area contributed by atoms with E-state index in [4.69, 9.17) is 0 Å². The molecule has 1 nitrogen and oxygen atoms in total. The maximum atomic E-state index is 10.3. The highest BCUT2D eigenvalue weighted by molar-refractivity contribution is 7.10. The third kappa shape index (κ3) is 1.73. The van der Waals surface area contributed by atoms with Gasteiger partial charge in [0, 0.05) is 4.88 Å². The van der Waals surface area contributed by atoms with Crippen LogP contribution in [0.1, 0.15) is 42.7 Å². The zero-order valence-corrected chi connectivity index (χ0v) is 9.68. The second-order valence-electron chi connectivity index (χ2n) is 4.45. The van der Waals surface area contributed by atoms with Crippen molar-refractivity contribution in [2.75, 3.05) is 0 Å². The Morgan fingerprint density at radius 2 is 2.29 bits per heavy atom. The minimum Gasteiger partial charge on any atom is -0.388 e. The van der Waals surface area contributed by atoms with Crippen molar-refractivity contribution in [3.63, 3.8) is 0 Å². The molecule has 0 aromatic carbocycles. The first kappa shape index (κ1) is 10.2. The SMILES string of the molecule is Cc1sccc1C(O)C1CCCC1C. The Hall–Kier alpha value is -0.340. The molecule has 2 heteroatoms. The molecule has 1 aromatic rings. The molecule has 0 saturated heterocycles. The number of aliphatic hydroxyl groups excluding tert-OH is 1. The van der Waals surface area contributed by atoms with E-state index < -0.39 is 0 Å². The topological polar surface area (TPSA) is 20.2 Å². The quantitative estimate of drug-likeness (QED) is 0.791. The predicted octanol–water partition coefficient (Wildman–Crippen LogP) is 3.53. The lowest BCUT2D eigenvalue weighted by atomic mass is 9.88. The van der Waals surface area contributed by atoms with Gasteiger partial charge in [-0.25, -0.2) is 0 Å². The van der Waals surface area contributed by atoms with Gasteiger partial charge in [0.15, 0.2) is 0 Å². The average Bonchev–Trinajstić information content (AvgIpc) is 2.73. The van der Waals surface area contributed by atoms with E-state index in [0.29, 0.717) is 11.8 Å². The maximum Gasteiger partial charge on any atom is 0.0831 e. The van der Waals surface area contributed by atoms with Crippen LogP contribution >= 0.6 is 11.3 Å². The average molecular weight is 210 g/mol. The number of aliphatic hydroxyl groups is 1. The monoisotopic (exact) mass is 210 g/mol. The fraction of sp³-hybridized carbons (Fsp3) is 0.667. The number of aryl methyl sites for hydroxylation is 1. The molecule has 78 valence electrons. The van der Waals surface area contributed by atoms with E-state index in [1.807, 2.05) is 0 Å². The van der Waals surface area contributed by atoms with Gasteiger partial charge >= 0.3 is 0 Å². The van der Waals surface area contributed by atoms with E-state index in [1.165, 1.54) is 24.1 Å². The Kier molecular flexibility index (Phi) is 2.93. The van der Waals surface area contributed by atoms with Crippen LogP contribution in [0.2, 0.25) is 0 Å². The molecule has 1 heterocycles. The van der Waals surface area contributed by atoms with E-state index in [2.05, 4.69) is 25.3 Å². The molecule has 14 heavy (non-hydrogen) atoms. The Balaban J connectivity index is 2.15. The van der Waals surface area contributed by atoms with Gasteiger partial charge in [-0.1, -0.05) is 19.8 Å². The van der Waals surface area contributed by atoms with Gasteiger partial charge in [0.1, 0.15) is 0 Å². The van der Waals surface area contributed by atoms with Crippen LogP contribution in [0, 0.1) is 18.8 Å². The molecule has 0 amide bonds. The Morgan fingerprint density at radius 3 is 2.79 bits per heavy atom. The van der Waals surface area contributed by atoms with Crippen LogP contribution in [-0.4, -0.2) is 5.11 Å². The van der Waals surface area contributed by atoms with E-state index >= 15 is 0 Å². The summed E-state index contributed by atoms with van der Waals surface area (Å²) in [5.74, 6) is 1.17. The van der Waals surface area contributed by atoms with Gasteiger partial charge in [-0.2, -0.15) is 0 Å². The molecule has 1 aliphatic rings. The molecular weight excluding hydrogens is 192 g/mol. The van der Waals surface area contributed by atoms with Gasteiger partial charge in [0.05, 0.1) is 6.10 Å². The first-order chi connectivity index (χ1) is 6.70. The summed E-state index contributed by atoms with van der Waals surface area (Å²) in [5.41, 5.74) is 1.16. The van der Waals surface area contributed by atoms with Crippen LogP contribution in [-0.2, 0) is 0 Å². The van der Waals surface area contributed by atoms with Crippen molar-refractivity contribution in [2.24, 2.45) is 11.8 Å². The van der Waals surface area contributed by atoms with Gasteiger partial charge in [-0.15, -0.1) is 11.3 Å². The van der Waals surface area contributed by atoms with Crippen LogP contribution in [0.25, 0.3) is 0 Å². The zero-order chi connectivity index (χ0) is 10.1. The minimum absolute atomic E-state index is 0.223. The van der Waals surface area contributed by atoms with Crippen molar-refractivity contribution in [2.45, 2.75) is 39.2 Å². The lowest BCUT2D eigenvalue weighted by molar-refractivity contribution is 0.0899. The number of rotatable bonds is 2. The van der Waals surface area contributed by atoms with E-state index in [1.54, 1.807) is 11.3 Å². The summed E-state index contributed by atoms with van der Waals surface area (Å²) in [4.78, 5) is 1.27. The van der Waals surface area contributed by atoms with Crippen LogP contribution in [0.4, 0.5) is 0 Å². The number of hydrogen-bond acceptors (Lipinski definition) is 2. The molecule has 1 N–H and O–H groups in total. The van der Waals surface area contributed by atoms with E-state index in [-0.39, 0.29) is 6.10 Å². The third-order valence-corrected chi connectivity index (χ3v) is 4.41. The molecule has 1 aliphatic carbocycles. The van der Waals surface area contributed by atoms with Gasteiger partial charge in [-0.05, 0) is 42.2 Å². The van der Waals surface area contributed by atoms with E-state index in [0.717, 1.165) is 5.56 Å². The minimum atomic E-state index is -0.223. The molecule has 0 radical (unpaired) electrons. The molecule has 0 bridgehead atoms. The molecule has 1 aromatic heterocycles. The number of thiophene rings is 1. The van der Waals surface area contributed by atoms with Gasteiger partial charge < -0.3 is 5.11 Å². The second-order valence-corrected chi connectivity index (χ2v) is 5.57. The van der Waals surface area contributed by atoms with Crippen molar-refractivity contribution in [3.05, 3.63) is 21.9 Å². The Labute approximate surface area is 89.8 Å². The Morgan fingerprint density at radius 1 is 1.50 bits per heavy atom. The fourth-order valence-electron chi connectivity index (χ4n) is 2.58. The van der Waals surface area contributed by atoms with Crippen molar-refractivity contribution >= 4 is 11.3 Å². The number of hydrogen-bond donors (Lipinski definition) is 1. The summed E-state index contributed by atoms with van der Waals surface area (Å²) in [5, 5.41) is 12.3. The first-order valence-corrected chi connectivity index (χ1v) is 6.30. The van der Waals surface area contributed by atoms with Crippen molar-refractivity contribution in [1.82, 2.24) is 0 Å². The molecule has 1 saturated carbocycles. The third-order valence-electron chi connectivity index (χ3n) is 3.55. The lowest BCUT2D eigenvalue weighted by Crippen LogP contribution is -2.15. The van der Waals surface area contributed by atoms with Gasteiger partial charge in [-0.3, -0.25) is 0 Å². The predicted molar refractivity (Wildman–Crippen MR) is 60.5 cm³/mol. The lowest BCUT2D eigenvalue weighted by Gasteiger charge is -2.22. The summed E-state index contributed by atoms with van der Waals surface area (Å²) in [6, 6.07) is 2.08. The highest BCUT2D eigenvalue weighted by Gasteiger charge is 2.31. The fourth-order valence-corrected chi connectivity index (χ4v) is 3.32. The van der Waals surface area contributed by atoms with Crippen LogP contribution < -0.4 is 0 Å². The summed E-state index contributed by atoms with van der Waals surface area (Å²) in [6.45, 7) is 4.37. The molecule has 0 aliphatic heterocycles. The van der Waals surface area contributed by atoms with Crippen molar-refractivity contribution in [1.29, 1.82) is 0 Å². The summed E-state index contributed by atoms with van der Waals surface area (Å²) in [6.07, 6.45) is 3.54. The maximum absolute atomic E-state index is 10.3. The van der Waals surface area contributed by atoms with E-state index in [9.17, 15) is 5.11 Å².